The third kappa shape index (κ3) is 4.63. The first-order valence-electron chi connectivity index (χ1n) is 5.62. The molecule has 0 unspecified atom stereocenters. The zero-order chi connectivity index (χ0) is 10.4. The third-order valence-corrected chi connectivity index (χ3v) is 3.07. The maximum atomic E-state index is 5.93. The predicted molar refractivity (Wildman–Crippen MR) is 61.0 cm³/mol. The van der Waals surface area contributed by atoms with Crippen LogP contribution in [-0.2, 0) is 4.74 Å². The highest BCUT2D eigenvalue weighted by Crippen LogP contribution is 2.32. The van der Waals surface area contributed by atoms with Gasteiger partial charge in [0, 0.05) is 25.1 Å². The Bertz CT molecular complexity index is 148. The summed E-state index contributed by atoms with van der Waals surface area (Å²) < 4.78 is 5.44. The molecule has 0 spiro atoms. The Morgan fingerprint density at radius 2 is 2.07 bits per heavy atom. The molecule has 0 radical (unpaired) electrons. The van der Waals surface area contributed by atoms with Gasteiger partial charge in [-0.15, -0.1) is 11.6 Å². The number of alkyl halides is 1. The number of halogens is 1. The van der Waals surface area contributed by atoms with Crippen LogP contribution >= 0.6 is 11.6 Å². The fourth-order valence-electron chi connectivity index (χ4n) is 1.80. The molecular weight excluding hydrogens is 198 g/mol. The summed E-state index contributed by atoms with van der Waals surface area (Å²) in [6.45, 7) is 6.11. The normalized spacial score (nSPS) is 26.6. The largest absolute Gasteiger partial charge is 0.380 e. The quantitative estimate of drug-likeness (QED) is 0.482. The van der Waals surface area contributed by atoms with Gasteiger partial charge in [-0.3, -0.25) is 0 Å². The van der Waals surface area contributed by atoms with Gasteiger partial charge in [0.1, 0.15) is 0 Å². The second-order valence-corrected chi connectivity index (χ2v) is 4.93. The second kappa shape index (κ2) is 6.65. The van der Waals surface area contributed by atoms with Crippen LogP contribution in [0.3, 0.4) is 0 Å². The van der Waals surface area contributed by atoms with Crippen LogP contribution < -0.4 is 0 Å². The molecule has 1 aliphatic rings. The topological polar surface area (TPSA) is 12.5 Å². The highest BCUT2D eigenvalue weighted by Gasteiger charge is 2.27. The van der Waals surface area contributed by atoms with E-state index in [0.29, 0.717) is 5.38 Å². The van der Waals surface area contributed by atoms with E-state index in [2.05, 4.69) is 18.9 Å². The molecule has 1 aliphatic carbocycles. The van der Waals surface area contributed by atoms with Crippen LogP contribution in [0.4, 0.5) is 0 Å². The first-order valence-corrected chi connectivity index (χ1v) is 6.06. The molecule has 0 aromatic heterocycles. The minimum atomic E-state index is 0.449. The van der Waals surface area contributed by atoms with Crippen molar-refractivity contribution in [3.05, 3.63) is 0 Å². The number of likely N-dealkylation sites (N-methyl/N-ethyl adjacent to an activating group) is 1. The van der Waals surface area contributed by atoms with Gasteiger partial charge < -0.3 is 9.64 Å². The van der Waals surface area contributed by atoms with Gasteiger partial charge in [0.05, 0.1) is 6.61 Å². The SMILES string of the molecule is CCCOCCN(C)CC1CC(Cl)C1. The highest BCUT2D eigenvalue weighted by molar-refractivity contribution is 6.21. The van der Waals surface area contributed by atoms with Crippen LogP contribution in [-0.4, -0.2) is 43.6 Å². The Balaban J connectivity index is 1.91. The minimum absolute atomic E-state index is 0.449. The van der Waals surface area contributed by atoms with E-state index in [1.54, 1.807) is 0 Å². The van der Waals surface area contributed by atoms with Gasteiger partial charge in [0.25, 0.3) is 0 Å². The molecular formula is C11H22ClNO. The van der Waals surface area contributed by atoms with Crippen molar-refractivity contribution < 1.29 is 4.74 Å². The molecule has 0 saturated heterocycles. The molecule has 0 aliphatic heterocycles. The molecule has 3 heteroatoms. The average Bonchev–Trinajstić information content (AvgIpc) is 2.10. The molecule has 2 nitrogen and oxygen atoms in total. The molecule has 0 amide bonds. The van der Waals surface area contributed by atoms with Crippen molar-refractivity contribution in [2.24, 2.45) is 5.92 Å². The van der Waals surface area contributed by atoms with Crippen LogP contribution in [0.15, 0.2) is 0 Å². The lowest BCUT2D eigenvalue weighted by Gasteiger charge is -2.34. The Morgan fingerprint density at radius 3 is 2.64 bits per heavy atom. The van der Waals surface area contributed by atoms with Gasteiger partial charge in [0.2, 0.25) is 0 Å². The van der Waals surface area contributed by atoms with Crippen LogP contribution in [0.1, 0.15) is 26.2 Å². The van der Waals surface area contributed by atoms with Crippen LogP contribution in [0, 0.1) is 5.92 Å². The van der Waals surface area contributed by atoms with Crippen LogP contribution in [0.5, 0.6) is 0 Å². The smallest absolute Gasteiger partial charge is 0.0593 e. The summed E-state index contributed by atoms with van der Waals surface area (Å²) in [6, 6.07) is 0. The summed E-state index contributed by atoms with van der Waals surface area (Å²) in [5.74, 6) is 0.827. The van der Waals surface area contributed by atoms with Crippen molar-refractivity contribution >= 4 is 11.6 Å². The zero-order valence-corrected chi connectivity index (χ0v) is 10.1. The van der Waals surface area contributed by atoms with Crippen LogP contribution in [0.25, 0.3) is 0 Å². The van der Waals surface area contributed by atoms with E-state index in [-0.39, 0.29) is 0 Å². The maximum Gasteiger partial charge on any atom is 0.0593 e. The molecule has 14 heavy (non-hydrogen) atoms. The molecule has 1 saturated carbocycles. The number of hydrogen-bond donors (Lipinski definition) is 0. The third-order valence-electron chi connectivity index (χ3n) is 2.71. The fourth-order valence-corrected chi connectivity index (χ4v) is 2.31. The van der Waals surface area contributed by atoms with E-state index in [1.807, 2.05) is 0 Å². The zero-order valence-electron chi connectivity index (χ0n) is 9.34. The molecule has 84 valence electrons. The van der Waals surface area contributed by atoms with Crippen molar-refractivity contribution in [3.63, 3.8) is 0 Å². The lowest BCUT2D eigenvalue weighted by atomic mass is 9.84. The van der Waals surface area contributed by atoms with Gasteiger partial charge >= 0.3 is 0 Å². The molecule has 0 N–H and O–H groups in total. The van der Waals surface area contributed by atoms with E-state index in [4.69, 9.17) is 16.3 Å². The Hall–Kier alpha value is 0.210. The molecule has 0 bridgehead atoms. The molecule has 0 aromatic rings. The molecule has 1 fully saturated rings. The number of rotatable bonds is 7. The van der Waals surface area contributed by atoms with E-state index >= 15 is 0 Å². The highest BCUT2D eigenvalue weighted by atomic mass is 35.5. The summed E-state index contributed by atoms with van der Waals surface area (Å²) in [5, 5.41) is 0.449. The lowest BCUT2D eigenvalue weighted by molar-refractivity contribution is 0.101. The van der Waals surface area contributed by atoms with Gasteiger partial charge in [-0.2, -0.15) is 0 Å². The predicted octanol–water partition coefficient (Wildman–Crippen LogP) is 2.36. The van der Waals surface area contributed by atoms with E-state index in [0.717, 1.165) is 32.1 Å². The van der Waals surface area contributed by atoms with Crippen molar-refractivity contribution in [1.29, 1.82) is 0 Å². The second-order valence-electron chi connectivity index (χ2n) is 4.31. The van der Waals surface area contributed by atoms with E-state index < -0.39 is 0 Å². The van der Waals surface area contributed by atoms with Crippen LogP contribution in [0.2, 0.25) is 0 Å². The first-order chi connectivity index (χ1) is 6.72. The molecule has 0 heterocycles. The summed E-state index contributed by atoms with van der Waals surface area (Å²) in [5.41, 5.74) is 0. The monoisotopic (exact) mass is 219 g/mol. The van der Waals surface area contributed by atoms with Crippen molar-refractivity contribution in [2.45, 2.75) is 31.6 Å². The lowest BCUT2D eigenvalue weighted by Crippen LogP contribution is -2.36. The van der Waals surface area contributed by atoms with E-state index in [1.165, 1.54) is 19.4 Å². The summed E-state index contributed by atoms with van der Waals surface area (Å²) in [4.78, 5) is 2.35. The van der Waals surface area contributed by atoms with Crippen molar-refractivity contribution in [1.82, 2.24) is 4.90 Å². The minimum Gasteiger partial charge on any atom is -0.380 e. The Labute approximate surface area is 92.6 Å². The molecule has 0 atom stereocenters. The van der Waals surface area contributed by atoms with Gasteiger partial charge in [-0.05, 0) is 32.2 Å². The fraction of sp³-hybridized carbons (Fsp3) is 1.00. The number of hydrogen-bond acceptors (Lipinski definition) is 2. The Kier molecular flexibility index (Phi) is 5.83. The summed E-state index contributed by atoms with van der Waals surface area (Å²) in [7, 11) is 2.16. The summed E-state index contributed by atoms with van der Waals surface area (Å²) >= 11 is 5.93. The average molecular weight is 220 g/mol. The molecule has 0 aromatic carbocycles. The number of nitrogens with zero attached hydrogens (tertiary/aromatic N) is 1. The van der Waals surface area contributed by atoms with Crippen molar-refractivity contribution in [3.8, 4) is 0 Å². The van der Waals surface area contributed by atoms with Gasteiger partial charge in [-0.1, -0.05) is 6.92 Å². The van der Waals surface area contributed by atoms with Gasteiger partial charge in [0.15, 0.2) is 0 Å². The Morgan fingerprint density at radius 1 is 1.36 bits per heavy atom. The van der Waals surface area contributed by atoms with E-state index in [9.17, 15) is 0 Å². The van der Waals surface area contributed by atoms with Crippen molar-refractivity contribution in [2.75, 3.05) is 33.4 Å². The maximum absolute atomic E-state index is 5.93. The summed E-state index contributed by atoms with van der Waals surface area (Å²) in [6.07, 6.45) is 3.50. The molecule has 1 rings (SSSR count). The number of ether oxygens (including phenoxy) is 1. The first kappa shape index (κ1) is 12.3. The van der Waals surface area contributed by atoms with Gasteiger partial charge in [-0.25, -0.2) is 0 Å². The standard InChI is InChI=1S/C11H22ClNO/c1-3-5-14-6-4-13(2)9-10-7-11(12)8-10/h10-11H,3-9H2,1-2H3.